The first-order valence-electron chi connectivity index (χ1n) is 9.98. The lowest BCUT2D eigenvalue weighted by molar-refractivity contribution is -0.117. The molecule has 2 heterocycles. The van der Waals surface area contributed by atoms with Crippen LogP contribution in [0.2, 0.25) is 0 Å². The van der Waals surface area contributed by atoms with Crippen LogP contribution in [0, 0.1) is 6.92 Å². The van der Waals surface area contributed by atoms with Crippen molar-refractivity contribution in [1.82, 2.24) is 14.8 Å². The van der Waals surface area contributed by atoms with Crippen LogP contribution in [0.15, 0.2) is 16.0 Å². The minimum Gasteiger partial charge on any atom is -0.395 e. The standard InChI is InChI=1S/C20H34N4O2S2/c1-14(2)27-17-12-16(5)21-20(28-15(3)4)19(17)22-18(26)13-24-8-6-23(7-9-24)10-11-25/h12,14-15,25H,6-11,13H2,1-5H3,(H,22,26). The molecule has 0 atom stereocenters. The molecule has 1 aromatic rings. The van der Waals surface area contributed by atoms with E-state index in [4.69, 9.17) is 10.1 Å². The molecule has 158 valence electrons. The number of piperazine rings is 1. The molecule has 8 heteroatoms. The van der Waals surface area contributed by atoms with Crippen LogP contribution in [-0.4, -0.2) is 82.2 Å². The van der Waals surface area contributed by atoms with E-state index >= 15 is 0 Å². The monoisotopic (exact) mass is 426 g/mol. The molecule has 0 radical (unpaired) electrons. The quantitative estimate of drug-likeness (QED) is 0.588. The number of aliphatic hydroxyl groups excluding tert-OH is 1. The largest absolute Gasteiger partial charge is 0.395 e. The molecule has 1 amide bonds. The van der Waals surface area contributed by atoms with E-state index < -0.39 is 0 Å². The van der Waals surface area contributed by atoms with E-state index in [0.29, 0.717) is 23.6 Å². The number of nitrogens with zero attached hydrogens (tertiary/aromatic N) is 3. The number of pyridine rings is 1. The number of β-amino-alcohol motifs (C(OH)–C–C–N with tert-alkyl or cyclic N) is 1. The first kappa shape index (κ1) is 23.5. The van der Waals surface area contributed by atoms with Gasteiger partial charge in [0.2, 0.25) is 5.91 Å². The first-order valence-corrected chi connectivity index (χ1v) is 11.7. The summed E-state index contributed by atoms with van der Waals surface area (Å²) in [6.07, 6.45) is 0. The number of aryl methyl sites for hydroxylation is 1. The van der Waals surface area contributed by atoms with Gasteiger partial charge in [0.25, 0.3) is 0 Å². The summed E-state index contributed by atoms with van der Waals surface area (Å²) in [4.78, 5) is 23.0. The third-order valence-corrected chi connectivity index (χ3v) is 6.34. The molecule has 0 aromatic carbocycles. The highest BCUT2D eigenvalue weighted by Crippen LogP contribution is 2.38. The fraction of sp³-hybridized carbons (Fsp3) is 0.700. The molecule has 0 unspecified atom stereocenters. The molecule has 2 N–H and O–H groups in total. The highest BCUT2D eigenvalue weighted by atomic mass is 32.2. The number of rotatable bonds is 9. The van der Waals surface area contributed by atoms with Gasteiger partial charge in [-0.05, 0) is 13.0 Å². The molecule has 0 spiro atoms. The van der Waals surface area contributed by atoms with Crippen LogP contribution >= 0.6 is 23.5 Å². The summed E-state index contributed by atoms with van der Waals surface area (Å²) in [5.41, 5.74) is 1.83. The van der Waals surface area contributed by atoms with Crippen molar-refractivity contribution < 1.29 is 9.90 Å². The predicted octanol–water partition coefficient (Wildman–Crippen LogP) is 2.94. The van der Waals surface area contributed by atoms with Gasteiger partial charge in [0.15, 0.2) is 0 Å². The number of hydrogen-bond acceptors (Lipinski definition) is 7. The Morgan fingerprint density at radius 2 is 1.75 bits per heavy atom. The van der Waals surface area contributed by atoms with Crippen LogP contribution in [0.25, 0.3) is 0 Å². The second-order valence-corrected chi connectivity index (χ2v) is 10.8. The molecule has 1 aromatic heterocycles. The predicted molar refractivity (Wildman–Crippen MR) is 120 cm³/mol. The summed E-state index contributed by atoms with van der Waals surface area (Å²) in [5, 5.41) is 13.9. The maximum atomic E-state index is 12.8. The minimum atomic E-state index is 0.0115. The maximum absolute atomic E-state index is 12.8. The van der Waals surface area contributed by atoms with Gasteiger partial charge in [0.1, 0.15) is 5.03 Å². The average molecular weight is 427 g/mol. The molecule has 0 aliphatic carbocycles. The van der Waals surface area contributed by atoms with Gasteiger partial charge in [-0.3, -0.25) is 14.6 Å². The number of hydrogen-bond donors (Lipinski definition) is 2. The van der Waals surface area contributed by atoms with E-state index in [2.05, 4.69) is 48.9 Å². The Bertz CT molecular complexity index is 616. The molecule has 0 bridgehead atoms. The number of aliphatic hydroxyl groups is 1. The van der Waals surface area contributed by atoms with Gasteiger partial charge in [-0.25, -0.2) is 4.98 Å². The van der Waals surface area contributed by atoms with Crippen LogP contribution in [0.1, 0.15) is 33.4 Å². The van der Waals surface area contributed by atoms with E-state index in [0.717, 1.165) is 47.5 Å². The molecule has 6 nitrogen and oxygen atoms in total. The van der Waals surface area contributed by atoms with Crippen LogP contribution < -0.4 is 5.32 Å². The molecule has 1 saturated heterocycles. The number of carbonyl (C=O) groups is 1. The lowest BCUT2D eigenvalue weighted by Crippen LogP contribution is -2.49. The summed E-state index contributed by atoms with van der Waals surface area (Å²) in [5.74, 6) is 0.0115. The normalized spacial score (nSPS) is 16.1. The van der Waals surface area contributed by atoms with Crippen molar-refractivity contribution in [1.29, 1.82) is 0 Å². The minimum absolute atomic E-state index is 0.0115. The molecule has 1 fully saturated rings. The third kappa shape index (κ3) is 7.55. The van der Waals surface area contributed by atoms with Crippen molar-refractivity contribution in [3.63, 3.8) is 0 Å². The summed E-state index contributed by atoms with van der Waals surface area (Å²) in [6, 6.07) is 2.07. The van der Waals surface area contributed by atoms with Gasteiger partial charge >= 0.3 is 0 Å². The zero-order valence-corrected chi connectivity index (χ0v) is 19.3. The Labute approximate surface area is 177 Å². The Morgan fingerprint density at radius 3 is 2.32 bits per heavy atom. The fourth-order valence-electron chi connectivity index (χ4n) is 3.08. The summed E-state index contributed by atoms with van der Waals surface area (Å²) in [7, 11) is 0. The number of anilines is 1. The zero-order valence-electron chi connectivity index (χ0n) is 17.7. The van der Waals surface area contributed by atoms with Crippen LogP contribution in [0.4, 0.5) is 5.69 Å². The van der Waals surface area contributed by atoms with Crippen LogP contribution in [0.3, 0.4) is 0 Å². The average Bonchev–Trinajstić information content (AvgIpc) is 2.59. The van der Waals surface area contributed by atoms with E-state index in [1.807, 2.05) is 6.92 Å². The smallest absolute Gasteiger partial charge is 0.238 e. The van der Waals surface area contributed by atoms with Crippen LogP contribution in [0.5, 0.6) is 0 Å². The molecule has 0 saturated carbocycles. The number of carbonyl (C=O) groups excluding carboxylic acids is 1. The van der Waals surface area contributed by atoms with Gasteiger partial charge in [-0.15, -0.1) is 23.5 Å². The van der Waals surface area contributed by atoms with E-state index in [9.17, 15) is 4.79 Å². The second kappa shape index (κ2) is 11.4. The fourth-order valence-corrected chi connectivity index (χ4v) is 5.08. The first-order chi connectivity index (χ1) is 13.3. The Hall–Kier alpha value is -0.800. The van der Waals surface area contributed by atoms with Gasteiger partial charge in [0, 0.05) is 53.8 Å². The van der Waals surface area contributed by atoms with Crippen LogP contribution in [-0.2, 0) is 4.79 Å². The highest BCUT2D eigenvalue weighted by Gasteiger charge is 2.21. The number of thioether (sulfide) groups is 2. The third-order valence-electron chi connectivity index (χ3n) is 4.30. The molecular formula is C20H34N4O2S2. The Balaban J connectivity index is 2.09. The molecule has 28 heavy (non-hydrogen) atoms. The topological polar surface area (TPSA) is 68.7 Å². The lowest BCUT2D eigenvalue weighted by Gasteiger charge is -2.33. The van der Waals surface area contributed by atoms with E-state index in [-0.39, 0.29) is 12.5 Å². The van der Waals surface area contributed by atoms with Crippen molar-refractivity contribution in [2.45, 2.75) is 55.0 Å². The number of amides is 1. The second-order valence-electron chi connectivity index (χ2n) is 7.66. The molecule has 2 rings (SSSR count). The summed E-state index contributed by atoms with van der Waals surface area (Å²) >= 11 is 3.45. The van der Waals surface area contributed by atoms with E-state index in [1.54, 1.807) is 23.5 Å². The van der Waals surface area contributed by atoms with Gasteiger partial charge < -0.3 is 10.4 Å². The van der Waals surface area contributed by atoms with E-state index in [1.165, 1.54) is 0 Å². The zero-order chi connectivity index (χ0) is 20.7. The van der Waals surface area contributed by atoms with Crippen molar-refractivity contribution in [3.05, 3.63) is 11.8 Å². The number of nitrogens with one attached hydrogen (secondary N) is 1. The summed E-state index contributed by atoms with van der Waals surface area (Å²) < 4.78 is 0. The Morgan fingerprint density at radius 1 is 1.14 bits per heavy atom. The van der Waals surface area contributed by atoms with Gasteiger partial charge in [-0.1, -0.05) is 27.7 Å². The Kier molecular flexibility index (Phi) is 9.56. The number of aromatic nitrogens is 1. The summed E-state index contributed by atoms with van der Waals surface area (Å²) in [6.45, 7) is 15.4. The lowest BCUT2D eigenvalue weighted by atomic mass is 10.3. The molecule has 1 aliphatic heterocycles. The highest BCUT2D eigenvalue weighted by molar-refractivity contribution is 8.00. The van der Waals surface area contributed by atoms with Crippen molar-refractivity contribution >= 4 is 35.1 Å². The SMILES string of the molecule is Cc1cc(SC(C)C)c(NC(=O)CN2CCN(CCO)CC2)c(SC(C)C)n1. The maximum Gasteiger partial charge on any atom is 0.238 e. The van der Waals surface area contributed by atoms with Crippen molar-refractivity contribution in [3.8, 4) is 0 Å². The molecular weight excluding hydrogens is 392 g/mol. The van der Waals surface area contributed by atoms with Gasteiger partial charge in [-0.2, -0.15) is 0 Å². The molecule has 1 aliphatic rings. The van der Waals surface area contributed by atoms with Crippen molar-refractivity contribution in [2.24, 2.45) is 0 Å². The van der Waals surface area contributed by atoms with Gasteiger partial charge in [0.05, 0.1) is 18.8 Å². The van der Waals surface area contributed by atoms with Crippen molar-refractivity contribution in [2.75, 3.05) is 51.2 Å².